The van der Waals surface area contributed by atoms with Gasteiger partial charge in [-0.25, -0.2) is 4.98 Å². The summed E-state index contributed by atoms with van der Waals surface area (Å²) in [4.78, 5) is 15.2. The van der Waals surface area contributed by atoms with E-state index in [1.165, 1.54) is 5.56 Å². The maximum absolute atomic E-state index is 6.54. The van der Waals surface area contributed by atoms with Crippen molar-refractivity contribution >= 4 is 43.7 Å². The summed E-state index contributed by atoms with van der Waals surface area (Å²) in [5.74, 6) is 1.82. The minimum absolute atomic E-state index is 0.581. The van der Waals surface area contributed by atoms with Crippen LogP contribution in [0.2, 0.25) is 0 Å². The van der Waals surface area contributed by atoms with Crippen molar-refractivity contribution in [1.29, 1.82) is 0 Å². The van der Waals surface area contributed by atoms with Crippen molar-refractivity contribution in [3.8, 4) is 62.1 Å². The van der Waals surface area contributed by atoms with E-state index in [0.29, 0.717) is 17.6 Å². The van der Waals surface area contributed by atoms with E-state index >= 15 is 0 Å². The van der Waals surface area contributed by atoms with Gasteiger partial charge in [-0.1, -0.05) is 158 Å². The number of benzene rings is 8. The molecular formula is C51H32N4O. The van der Waals surface area contributed by atoms with Gasteiger partial charge in [0, 0.05) is 38.2 Å². The van der Waals surface area contributed by atoms with Gasteiger partial charge in [0.25, 0.3) is 0 Å². The lowest BCUT2D eigenvalue weighted by Gasteiger charge is -2.12. The monoisotopic (exact) mass is 716 g/mol. The fraction of sp³-hybridized carbons (Fsp3) is 0. The van der Waals surface area contributed by atoms with E-state index < -0.39 is 0 Å². The van der Waals surface area contributed by atoms with E-state index in [0.717, 1.165) is 82.7 Å². The minimum Gasteiger partial charge on any atom is -0.455 e. The summed E-state index contributed by atoms with van der Waals surface area (Å²) >= 11 is 0. The molecular weight excluding hydrogens is 685 g/mol. The first-order valence-corrected chi connectivity index (χ1v) is 18.8. The third kappa shape index (κ3) is 5.37. The van der Waals surface area contributed by atoms with Crippen LogP contribution >= 0.6 is 0 Å². The van der Waals surface area contributed by atoms with Gasteiger partial charge in [0.1, 0.15) is 11.2 Å². The lowest BCUT2D eigenvalue weighted by atomic mass is 9.94. The highest BCUT2D eigenvalue weighted by atomic mass is 16.3. The molecule has 0 saturated heterocycles. The molecule has 56 heavy (non-hydrogen) atoms. The largest absolute Gasteiger partial charge is 0.455 e. The SMILES string of the molecule is c1ccc(-c2cc(-c3cccc(-c4ccc(-c5nc(-c6ccccc6)nc(-n6c7ccccc7c7ccccc76)n5)cc4)c3)c3oc4ccccc4c3c2)cc1. The average Bonchev–Trinajstić information content (AvgIpc) is 3.83. The highest BCUT2D eigenvalue weighted by Gasteiger charge is 2.19. The Morgan fingerprint density at radius 3 is 1.55 bits per heavy atom. The van der Waals surface area contributed by atoms with Crippen LogP contribution in [0.25, 0.3) is 106 Å². The summed E-state index contributed by atoms with van der Waals surface area (Å²) in [5.41, 5.74) is 12.4. The summed E-state index contributed by atoms with van der Waals surface area (Å²) in [6.07, 6.45) is 0. The van der Waals surface area contributed by atoms with Crippen LogP contribution in [-0.4, -0.2) is 19.5 Å². The standard InChI is InChI=1S/C51H32N4O/c1-3-14-33(15-4-1)39-31-43(48-44(32-39)42-22-9-12-25-47(42)56-48)38-19-13-18-37(30-38)34-26-28-36(29-27-34)50-52-49(35-16-5-2-6-17-35)53-51(54-50)55-45-23-10-7-20-40(45)41-21-8-11-24-46(41)55/h1-32H. The van der Waals surface area contributed by atoms with Crippen molar-refractivity contribution in [2.24, 2.45) is 0 Å². The molecule has 0 aliphatic carbocycles. The Bertz CT molecular complexity index is 3180. The van der Waals surface area contributed by atoms with Crippen molar-refractivity contribution in [3.05, 3.63) is 194 Å². The van der Waals surface area contributed by atoms with E-state index in [4.69, 9.17) is 19.4 Å². The molecule has 3 heterocycles. The number of hydrogen-bond acceptors (Lipinski definition) is 4. The molecule has 0 amide bonds. The molecule has 11 aromatic rings. The van der Waals surface area contributed by atoms with Gasteiger partial charge < -0.3 is 4.42 Å². The summed E-state index contributed by atoms with van der Waals surface area (Å²) in [5, 5.41) is 4.54. The summed E-state index contributed by atoms with van der Waals surface area (Å²) in [7, 11) is 0. The zero-order valence-corrected chi connectivity index (χ0v) is 30.2. The zero-order valence-electron chi connectivity index (χ0n) is 30.2. The lowest BCUT2D eigenvalue weighted by Crippen LogP contribution is -2.06. The number of furan rings is 1. The Morgan fingerprint density at radius 2 is 0.857 bits per heavy atom. The number of aromatic nitrogens is 4. The summed E-state index contributed by atoms with van der Waals surface area (Å²) in [6, 6.07) is 67.5. The van der Waals surface area contributed by atoms with E-state index in [9.17, 15) is 0 Å². The van der Waals surface area contributed by atoms with Crippen molar-refractivity contribution in [2.75, 3.05) is 0 Å². The molecule has 3 aromatic heterocycles. The van der Waals surface area contributed by atoms with Crippen molar-refractivity contribution < 1.29 is 4.42 Å². The molecule has 0 atom stereocenters. The quantitative estimate of drug-likeness (QED) is 0.172. The second kappa shape index (κ2) is 13.0. The van der Waals surface area contributed by atoms with Crippen LogP contribution in [0.4, 0.5) is 0 Å². The molecule has 0 aliphatic heterocycles. The van der Waals surface area contributed by atoms with E-state index in [1.807, 2.05) is 42.5 Å². The van der Waals surface area contributed by atoms with Crippen LogP contribution in [0.1, 0.15) is 0 Å². The first-order chi connectivity index (χ1) is 27.7. The Morgan fingerprint density at radius 1 is 0.339 bits per heavy atom. The lowest BCUT2D eigenvalue weighted by molar-refractivity contribution is 0.670. The predicted octanol–water partition coefficient (Wildman–Crippen LogP) is 13.2. The Kier molecular flexibility index (Phi) is 7.42. The topological polar surface area (TPSA) is 56.7 Å². The normalized spacial score (nSPS) is 11.6. The fourth-order valence-electron chi connectivity index (χ4n) is 7.96. The number of rotatable bonds is 6. The maximum atomic E-state index is 6.54. The predicted molar refractivity (Wildman–Crippen MR) is 229 cm³/mol. The molecule has 0 bridgehead atoms. The highest BCUT2D eigenvalue weighted by molar-refractivity contribution is 6.12. The molecule has 5 nitrogen and oxygen atoms in total. The third-order valence-electron chi connectivity index (χ3n) is 10.7. The average molecular weight is 717 g/mol. The number of nitrogens with zero attached hydrogens (tertiary/aromatic N) is 4. The molecule has 0 radical (unpaired) electrons. The van der Waals surface area contributed by atoms with Gasteiger partial charge in [0.2, 0.25) is 5.95 Å². The smallest absolute Gasteiger partial charge is 0.238 e. The minimum atomic E-state index is 0.581. The number of para-hydroxylation sites is 3. The number of fused-ring (bicyclic) bond motifs is 6. The van der Waals surface area contributed by atoms with Gasteiger partial charge in [-0.05, 0) is 64.2 Å². The van der Waals surface area contributed by atoms with Crippen LogP contribution in [-0.2, 0) is 0 Å². The third-order valence-corrected chi connectivity index (χ3v) is 10.7. The van der Waals surface area contributed by atoms with Gasteiger partial charge in [-0.15, -0.1) is 0 Å². The molecule has 0 saturated carbocycles. The molecule has 5 heteroatoms. The van der Waals surface area contributed by atoms with Crippen LogP contribution < -0.4 is 0 Å². The summed E-state index contributed by atoms with van der Waals surface area (Å²) < 4.78 is 8.69. The zero-order chi connectivity index (χ0) is 37.0. The fourth-order valence-corrected chi connectivity index (χ4v) is 7.96. The maximum Gasteiger partial charge on any atom is 0.238 e. The second-order valence-electron chi connectivity index (χ2n) is 14.0. The molecule has 11 rings (SSSR count). The molecule has 0 spiro atoms. The molecule has 0 fully saturated rings. The van der Waals surface area contributed by atoms with Crippen LogP contribution in [0.15, 0.2) is 199 Å². The van der Waals surface area contributed by atoms with Crippen molar-refractivity contribution in [3.63, 3.8) is 0 Å². The highest BCUT2D eigenvalue weighted by Crippen LogP contribution is 2.41. The second-order valence-corrected chi connectivity index (χ2v) is 14.0. The first-order valence-electron chi connectivity index (χ1n) is 18.8. The molecule has 0 unspecified atom stereocenters. The molecule has 262 valence electrons. The van der Waals surface area contributed by atoms with Crippen LogP contribution in [0, 0.1) is 0 Å². The van der Waals surface area contributed by atoms with Gasteiger partial charge in [-0.2, -0.15) is 9.97 Å². The molecule has 8 aromatic carbocycles. The van der Waals surface area contributed by atoms with Gasteiger partial charge >= 0.3 is 0 Å². The van der Waals surface area contributed by atoms with E-state index in [-0.39, 0.29) is 0 Å². The molecule has 0 aliphatic rings. The Balaban J connectivity index is 1.02. The van der Waals surface area contributed by atoms with Crippen LogP contribution in [0.5, 0.6) is 0 Å². The van der Waals surface area contributed by atoms with Gasteiger partial charge in [0.05, 0.1) is 11.0 Å². The van der Waals surface area contributed by atoms with Crippen molar-refractivity contribution in [2.45, 2.75) is 0 Å². The van der Waals surface area contributed by atoms with E-state index in [1.54, 1.807) is 0 Å². The Labute approximate surface area is 322 Å². The Hall–Kier alpha value is -7.63. The first kappa shape index (κ1) is 31.9. The van der Waals surface area contributed by atoms with Gasteiger partial charge in [-0.3, -0.25) is 4.57 Å². The van der Waals surface area contributed by atoms with Crippen molar-refractivity contribution in [1.82, 2.24) is 19.5 Å². The summed E-state index contributed by atoms with van der Waals surface area (Å²) in [6.45, 7) is 0. The number of hydrogen-bond donors (Lipinski definition) is 0. The van der Waals surface area contributed by atoms with Crippen LogP contribution in [0.3, 0.4) is 0 Å². The van der Waals surface area contributed by atoms with E-state index in [2.05, 4.69) is 156 Å². The molecule has 0 N–H and O–H groups in total. The van der Waals surface area contributed by atoms with Gasteiger partial charge in [0.15, 0.2) is 11.6 Å².